The third-order valence-corrected chi connectivity index (χ3v) is 8.97. The molecule has 7 rings (SSSR count). The molecule has 0 spiro atoms. The molecule has 1 N–H and O–H groups in total. The molecule has 0 fully saturated rings. The van der Waals surface area contributed by atoms with Crippen LogP contribution < -0.4 is 10.2 Å². The quantitative estimate of drug-likeness (QED) is 0.146. The molecule has 12 heteroatoms. The van der Waals surface area contributed by atoms with Crippen molar-refractivity contribution >= 4 is 83.0 Å². The Morgan fingerprint density at radius 3 is 2.50 bits per heavy atom. The molecule has 0 saturated carbocycles. The summed E-state index contributed by atoms with van der Waals surface area (Å²) in [6.07, 6.45) is 3.25. The second-order valence-corrected chi connectivity index (χ2v) is 11.8. The smallest absolute Gasteiger partial charge is 0.270 e. The first-order valence-corrected chi connectivity index (χ1v) is 15.1. The summed E-state index contributed by atoms with van der Waals surface area (Å²) in [6, 6.07) is 25.0. The lowest BCUT2D eigenvalue weighted by Gasteiger charge is -2.28. The van der Waals surface area contributed by atoms with Gasteiger partial charge in [-0.25, -0.2) is 4.98 Å². The Balaban J connectivity index is 1.36. The average Bonchev–Trinajstić information content (AvgIpc) is 3.73. The summed E-state index contributed by atoms with van der Waals surface area (Å²) in [6.45, 7) is 0. The van der Waals surface area contributed by atoms with Crippen LogP contribution in [0.15, 0.2) is 109 Å². The van der Waals surface area contributed by atoms with E-state index in [0.717, 1.165) is 33.1 Å². The number of hydrogen-bond donors (Lipinski definition) is 1. The zero-order valence-electron chi connectivity index (χ0n) is 22.7. The lowest BCUT2D eigenvalue weighted by atomic mass is 10.1. The van der Waals surface area contributed by atoms with Crippen LogP contribution >= 0.6 is 22.7 Å². The molecular formula is C32H20N6O4S2. The minimum absolute atomic E-state index is 0.0936. The lowest BCUT2D eigenvalue weighted by Crippen LogP contribution is -2.41. The number of nitrogens with zero attached hydrogens (tertiary/aromatic N) is 5. The maximum absolute atomic E-state index is 14.5. The number of carbonyl (C=O) groups is 2. The van der Waals surface area contributed by atoms with Gasteiger partial charge in [-0.1, -0.05) is 41.7 Å². The highest BCUT2D eigenvalue weighted by atomic mass is 32.1. The van der Waals surface area contributed by atoms with Crippen LogP contribution in [-0.2, 0) is 4.79 Å². The summed E-state index contributed by atoms with van der Waals surface area (Å²) in [4.78, 5) is 55.1. The Hall–Kier alpha value is -5.59. The number of hydrogen-bond acceptors (Lipinski definition) is 9. The predicted molar refractivity (Wildman–Crippen MR) is 172 cm³/mol. The van der Waals surface area contributed by atoms with E-state index in [1.165, 1.54) is 28.4 Å². The molecular weight excluding hydrogens is 597 g/mol. The van der Waals surface area contributed by atoms with E-state index in [0.29, 0.717) is 26.3 Å². The first-order valence-electron chi connectivity index (χ1n) is 13.4. The number of nitro benzene ring substituents is 1. The molecule has 10 nitrogen and oxygen atoms in total. The van der Waals surface area contributed by atoms with Gasteiger partial charge in [-0.3, -0.25) is 34.6 Å². The van der Waals surface area contributed by atoms with Crippen molar-refractivity contribution < 1.29 is 14.5 Å². The third kappa shape index (κ3) is 5.12. The average molecular weight is 617 g/mol. The van der Waals surface area contributed by atoms with Gasteiger partial charge in [0.15, 0.2) is 11.2 Å². The second-order valence-electron chi connectivity index (χ2n) is 9.82. The number of rotatable bonds is 7. The first kappa shape index (κ1) is 27.3. The Labute approximate surface area is 257 Å². The topological polar surface area (TPSA) is 131 Å². The van der Waals surface area contributed by atoms with E-state index in [1.807, 2.05) is 47.8 Å². The van der Waals surface area contributed by atoms with Gasteiger partial charge >= 0.3 is 0 Å². The number of nitro groups is 1. The van der Waals surface area contributed by atoms with Gasteiger partial charge in [-0.15, -0.1) is 11.3 Å². The first-order chi connectivity index (χ1) is 21.4. The van der Waals surface area contributed by atoms with Crippen molar-refractivity contribution in [2.24, 2.45) is 0 Å². The van der Waals surface area contributed by atoms with Crippen molar-refractivity contribution in [3.05, 3.63) is 129 Å². The van der Waals surface area contributed by atoms with Crippen molar-refractivity contribution in [1.29, 1.82) is 0 Å². The maximum atomic E-state index is 14.5. The van der Waals surface area contributed by atoms with E-state index < -0.39 is 22.8 Å². The summed E-state index contributed by atoms with van der Waals surface area (Å²) < 4.78 is 0.513. The monoisotopic (exact) mass is 616 g/mol. The van der Waals surface area contributed by atoms with Crippen LogP contribution in [-0.4, -0.2) is 31.7 Å². The number of aromatic nitrogens is 3. The SMILES string of the molecule is O=C(Nc1cnc2ccccc2c1)C(c1cccs1)N(C(=O)c1ccc2ncccc2c1)c1nc2ccc([N+](=O)[O-])cc2s1. The lowest BCUT2D eigenvalue weighted by molar-refractivity contribution is -0.384. The van der Waals surface area contributed by atoms with Crippen LogP contribution in [0.3, 0.4) is 0 Å². The van der Waals surface area contributed by atoms with Crippen LogP contribution in [0.5, 0.6) is 0 Å². The Bertz CT molecular complexity index is 2220. The summed E-state index contributed by atoms with van der Waals surface area (Å²) >= 11 is 2.44. The molecule has 4 aromatic heterocycles. The van der Waals surface area contributed by atoms with Gasteiger partial charge in [0.25, 0.3) is 17.5 Å². The van der Waals surface area contributed by atoms with Crippen molar-refractivity contribution in [2.45, 2.75) is 6.04 Å². The van der Waals surface area contributed by atoms with E-state index in [1.54, 1.807) is 48.8 Å². The van der Waals surface area contributed by atoms with E-state index in [-0.39, 0.29) is 10.8 Å². The van der Waals surface area contributed by atoms with Crippen LogP contribution in [0.2, 0.25) is 0 Å². The Morgan fingerprint density at radius 2 is 1.66 bits per heavy atom. The molecule has 0 saturated heterocycles. The van der Waals surface area contributed by atoms with Gasteiger partial charge in [-0.2, -0.15) is 0 Å². The fourth-order valence-electron chi connectivity index (χ4n) is 4.95. The van der Waals surface area contributed by atoms with Gasteiger partial charge in [0.05, 0.1) is 38.1 Å². The van der Waals surface area contributed by atoms with Crippen LogP contribution in [0.25, 0.3) is 32.0 Å². The molecule has 44 heavy (non-hydrogen) atoms. The summed E-state index contributed by atoms with van der Waals surface area (Å²) in [7, 11) is 0. The van der Waals surface area contributed by atoms with Gasteiger partial charge in [-0.05, 0) is 53.9 Å². The minimum Gasteiger partial charge on any atom is -0.323 e. The molecule has 0 aliphatic rings. The van der Waals surface area contributed by atoms with E-state index in [2.05, 4.69) is 20.3 Å². The number of pyridine rings is 2. The van der Waals surface area contributed by atoms with Crippen molar-refractivity contribution in [1.82, 2.24) is 15.0 Å². The van der Waals surface area contributed by atoms with Gasteiger partial charge in [0.2, 0.25) is 0 Å². The molecule has 0 aliphatic heterocycles. The zero-order valence-corrected chi connectivity index (χ0v) is 24.3. The fourth-order valence-corrected chi connectivity index (χ4v) is 6.79. The van der Waals surface area contributed by atoms with Gasteiger partial charge in [0, 0.05) is 39.5 Å². The molecule has 3 aromatic carbocycles. The summed E-state index contributed by atoms with van der Waals surface area (Å²) in [5, 5.41) is 18.1. The molecule has 0 aliphatic carbocycles. The maximum Gasteiger partial charge on any atom is 0.270 e. The minimum atomic E-state index is -1.12. The van der Waals surface area contributed by atoms with Crippen molar-refractivity contribution in [3.8, 4) is 0 Å². The highest BCUT2D eigenvalue weighted by Crippen LogP contribution is 2.38. The number of amides is 2. The fraction of sp³-hybridized carbons (Fsp3) is 0.0312. The number of carbonyl (C=O) groups excluding carboxylic acids is 2. The highest BCUT2D eigenvalue weighted by molar-refractivity contribution is 7.22. The van der Waals surface area contributed by atoms with Gasteiger partial charge in [0.1, 0.15) is 0 Å². The number of thiophene rings is 1. The van der Waals surface area contributed by atoms with E-state index in [4.69, 9.17) is 0 Å². The van der Waals surface area contributed by atoms with Crippen molar-refractivity contribution in [3.63, 3.8) is 0 Å². The highest BCUT2D eigenvalue weighted by Gasteiger charge is 2.36. The molecule has 0 radical (unpaired) electrons. The summed E-state index contributed by atoms with van der Waals surface area (Å²) in [5.74, 6) is -0.930. The number of non-ortho nitro benzene ring substituents is 1. The molecule has 1 atom stereocenters. The number of benzene rings is 3. The third-order valence-electron chi connectivity index (χ3n) is 7.02. The number of fused-ring (bicyclic) bond motifs is 3. The van der Waals surface area contributed by atoms with Crippen LogP contribution in [0, 0.1) is 10.1 Å². The molecule has 0 bridgehead atoms. The zero-order chi connectivity index (χ0) is 30.2. The van der Waals surface area contributed by atoms with Crippen LogP contribution in [0.4, 0.5) is 16.5 Å². The standard InChI is InChI=1S/C32H20N6O4S2/c39-30(35-22-16-20-5-1-2-7-24(20)34-18-22)29(27-8-4-14-43-27)37(31(40)21-9-11-25-19(15-21)6-3-13-33-25)32-36-26-12-10-23(38(41)42)17-28(26)44-32/h1-18,29H,(H,35,39). The number of anilines is 2. The largest absolute Gasteiger partial charge is 0.323 e. The van der Waals surface area contributed by atoms with Crippen molar-refractivity contribution in [2.75, 3.05) is 10.2 Å². The predicted octanol–water partition coefficient (Wildman–Crippen LogP) is 7.39. The molecule has 4 heterocycles. The molecule has 1 unspecified atom stereocenters. The second kappa shape index (κ2) is 11.2. The summed E-state index contributed by atoms with van der Waals surface area (Å²) in [5.41, 5.74) is 2.69. The van der Waals surface area contributed by atoms with E-state index >= 15 is 0 Å². The molecule has 214 valence electrons. The van der Waals surface area contributed by atoms with Crippen LogP contribution in [0.1, 0.15) is 21.3 Å². The Kier molecular flexibility index (Phi) is 6.97. The van der Waals surface area contributed by atoms with E-state index in [9.17, 15) is 19.7 Å². The number of para-hydroxylation sites is 1. The number of nitrogens with one attached hydrogen (secondary N) is 1. The normalized spacial score (nSPS) is 11.9. The molecule has 2 amide bonds. The van der Waals surface area contributed by atoms with Gasteiger partial charge < -0.3 is 5.32 Å². The Morgan fingerprint density at radius 1 is 0.864 bits per heavy atom. The number of thiazole rings is 1. The molecule has 7 aromatic rings.